The lowest BCUT2D eigenvalue weighted by Crippen LogP contribution is -2.39. The molecule has 1 atom stereocenters. The summed E-state index contributed by atoms with van der Waals surface area (Å²) in [5, 5.41) is 0.428. The number of anilines is 2. The maximum atomic E-state index is 13.4. The van der Waals surface area contributed by atoms with E-state index in [1.165, 1.54) is 24.3 Å². The first-order chi connectivity index (χ1) is 13.8. The molecule has 6 nitrogen and oxygen atoms in total. The number of carbonyl (C=O) groups is 2. The Morgan fingerprint density at radius 1 is 1.14 bits per heavy atom. The minimum atomic E-state index is -0.741. The van der Waals surface area contributed by atoms with Gasteiger partial charge >= 0.3 is 0 Å². The average Bonchev–Trinajstić information content (AvgIpc) is 3.10. The fourth-order valence-electron chi connectivity index (χ4n) is 2.80. The van der Waals surface area contributed by atoms with E-state index >= 15 is 0 Å². The highest BCUT2D eigenvalue weighted by molar-refractivity contribution is 7.18. The SMILES string of the molecule is COc1ccc(C(=O)c2sc(N(c3ccc(F)cc3)C(C)C(N)=O)nc2C)cc1. The van der Waals surface area contributed by atoms with Gasteiger partial charge in [-0.25, -0.2) is 9.37 Å². The van der Waals surface area contributed by atoms with Gasteiger partial charge in [0.25, 0.3) is 0 Å². The number of nitrogens with two attached hydrogens (primary N) is 1. The maximum Gasteiger partial charge on any atom is 0.240 e. The third-order valence-electron chi connectivity index (χ3n) is 4.45. The second-order valence-electron chi connectivity index (χ2n) is 6.39. The number of aryl methyl sites for hydroxylation is 1. The van der Waals surface area contributed by atoms with Gasteiger partial charge in [-0.15, -0.1) is 0 Å². The van der Waals surface area contributed by atoms with E-state index < -0.39 is 17.8 Å². The minimum absolute atomic E-state index is 0.181. The summed E-state index contributed by atoms with van der Waals surface area (Å²) < 4.78 is 18.5. The van der Waals surface area contributed by atoms with E-state index in [0.717, 1.165) is 11.3 Å². The Bertz CT molecular complexity index is 1030. The van der Waals surface area contributed by atoms with Crippen LogP contribution in [0.15, 0.2) is 48.5 Å². The summed E-state index contributed by atoms with van der Waals surface area (Å²) in [6.07, 6.45) is 0. The lowest BCUT2D eigenvalue weighted by atomic mass is 10.1. The number of hydrogen-bond acceptors (Lipinski definition) is 6. The molecule has 0 spiro atoms. The van der Waals surface area contributed by atoms with Gasteiger partial charge in [0.05, 0.1) is 17.7 Å². The van der Waals surface area contributed by atoms with E-state index in [-0.39, 0.29) is 5.78 Å². The third kappa shape index (κ3) is 4.27. The number of hydrogen-bond donors (Lipinski definition) is 1. The van der Waals surface area contributed by atoms with E-state index in [1.54, 1.807) is 50.1 Å². The summed E-state index contributed by atoms with van der Waals surface area (Å²) in [7, 11) is 1.56. The molecular formula is C21H20FN3O3S. The normalized spacial score (nSPS) is 11.7. The molecule has 0 bridgehead atoms. The van der Waals surface area contributed by atoms with Crippen LogP contribution >= 0.6 is 11.3 Å². The number of rotatable bonds is 7. The Hall–Kier alpha value is -3.26. The van der Waals surface area contributed by atoms with Gasteiger partial charge in [-0.3, -0.25) is 9.59 Å². The van der Waals surface area contributed by atoms with Crippen molar-refractivity contribution >= 4 is 33.8 Å². The fraction of sp³-hybridized carbons (Fsp3) is 0.190. The summed E-state index contributed by atoms with van der Waals surface area (Å²) >= 11 is 1.16. The van der Waals surface area contributed by atoms with Crippen LogP contribution in [-0.4, -0.2) is 29.8 Å². The molecule has 0 radical (unpaired) electrons. The Morgan fingerprint density at radius 2 is 1.76 bits per heavy atom. The van der Waals surface area contributed by atoms with E-state index in [2.05, 4.69) is 4.98 Å². The first kappa shape index (κ1) is 20.5. The smallest absolute Gasteiger partial charge is 0.240 e. The van der Waals surface area contributed by atoms with Crippen molar-refractivity contribution < 1.29 is 18.7 Å². The summed E-state index contributed by atoms with van der Waals surface area (Å²) in [6, 6.07) is 11.7. The summed E-state index contributed by atoms with van der Waals surface area (Å²) in [5.41, 5.74) is 7.10. The largest absolute Gasteiger partial charge is 0.497 e. The molecule has 8 heteroatoms. The maximum absolute atomic E-state index is 13.4. The van der Waals surface area contributed by atoms with Gasteiger partial charge in [0.1, 0.15) is 17.6 Å². The highest BCUT2D eigenvalue weighted by atomic mass is 32.1. The molecule has 1 amide bonds. The number of ketones is 1. The summed E-state index contributed by atoms with van der Waals surface area (Å²) in [4.78, 5) is 31.4. The first-order valence-corrected chi connectivity index (χ1v) is 9.63. The Morgan fingerprint density at radius 3 is 2.31 bits per heavy atom. The van der Waals surface area contributed by atoms with E-state index in [9.17, 15) is 14.0 Å². The number of aromatic nitrogens is 1. The molecule has 2 aromatic carbocycles. The molecule has 3 aromatic rings. The molecule has 0 fully saturated rings. The molecule has 0 saturated carbocycles. The predicted molar refractivity (Wildman–Crippen MR) is 110 cm³/mol. The summed E-state index contributed by atoms with van der Waals surface area (Å²) in [5.74, 6) is -0.489. The molecule has 0 aliphatic heterocycles. The highest BCUT2D eigenvalue weighted by Crippen LogP contribution is 2.34. The van der Waals surface area contributed by atoms with Crippen LogP contribution in [0, 0.1) is 12.7 Å². The van der Waals surface area contributed by atoms with Gasteiger partial charge in [0, 0.05) is 11.3 Å². The number of carbonyl (C=O) groups excluding carboxylic acids is 2. The standard InChI is InChI=1S/C21H20FN3O3S/c1-12-19(18(26)14-4-10-17(28-3)11-5-14)29-21(24-12)25(13(2)20(23)27)16-8-6-15(22)7-9-16/h4-11,13H,1-3H3,(H2,23,27). The molecule has 0 saturated heterocycles. The van der Waals surface area contributed by atoms with Crippen molar-refractivity contribution in [3.63, 3.8) is 0 Å². The highest BCUT2D eigenvalue weighted by Gasteiger charge is 2.27. The minimum Gasteiger partial charge on any atom is -0.497 e. The second kappa shape index (κ2) is 8.40. The average molecular weight is 413 g/mol. The van der Waals surface area contributed by atoms with Gasteiger partial charge in [0.15, 0.2) is 5.13 Å². The van der Waals surface area contributed by atoms with Crippen LogP contribution in [0.1, 0.15) is 27.9 Å². The van der Waals surface area contributed by atoms with Gasteiger partial charge in [0.2, 0.25) is 11.7 Å². The molecule has 150 valence electrons. The van der Waals surface area contributed by atoms with Crippen molar-refractivity contribution in [2.24, 2.45) is 5.73 Å². The van der Waals surface area contributed by atoms with Crippen molar-refractivity contribution in [1.29, 1.82) is 0 Å². The molecule has 0 aliphatic rings. The van der Waals surface area contributed by atoms with Crippen molar-refractivity contribution in [2.45, 2.75) is 19.9 Å². The predicted octanol–water partition coefficient (Wildman–Crippen LogP) is 3.84. The number of amides is 1. The zero-order valence-electron chi connectivity index (χ0n) is 16.2. The molecular weight excluding hydrogens is 393 g/mol. The molecule has 1 heterocycles. The fourth-order valence-corrected chi connectivity index (χ4v) is 3.93. The number of halogens is 1. The quantitative estimate of drug-likeness (QED) is 0.595. The number of nitrogens with zero attached hydrogens (tertiary/aromatic N) is 2. The van der Waals surface area contributed by atoms with Crippen molar-refractivity contribution in [3.8, 4) is 5.75 Å². The number of methoxy groups -OCH3 is 1. The van der Waals surface area contributed by atoms with Crippen LogP contribution < -0.4 is 15.4 Å². The molecule has 1 unspecified atom stereocenters. The number of thiazole rings is 1. The van der Waals surface area contributed by atoms with Gasteiger partial charge in [-0.2, -0.15) is 0 Å². The Labute approximate surface area is 171 Å². The van der Waals surface area contributed by atoms with Crippen molar-refractivity contribution in [1.82, 2.24) is 4.98 Å². The lowest BCUT2D eigenvalue weighted by molar-refractivity contribution is -0.118. The molecule has 29 heavy (non-hydrogen) atoms. The van der Waals surface area contributed by atoms with Crippen LogP contribution in [0.2, 0.25) is 0 Å². The van der Waals surface area contributed by atoms with Crippen molar-refractivity contribution in [3.05, 3.63) is 70.5 Å². The molecule has 3 rings (SSSR count). The van der Waals surface area contributed by atoms with Crippen molar-refractivity contribution in [2.75, 3.05) is 12.0 Å². The van der Waals surface area contributed by atoms with E-state index in [0.29, 0.717) is 32.7 Å². The van der Waals surface area contributed by atoms with Crippen LogP contribution in [0.25, 0.3) is 0 Å². The van der Waals surface area contributed by atoms with Crippen LogP contribution in [0.3, 0.4) is 0 Å². The zero-order chi connectivity index (χ0) is 21.1. The van der Waals surface area contributed by atoms with E-state index in [4.69, 9.17) is 10.5 Å². The molecule has 1 aromatic heterocycles. The van der Waals surface area contributed by atoms with Gasteiger partial charge in [-0.1, -0.05) is 11.3 Å². The molecule has 2 N–H and O–H groups in total. The zero-order valence-corrected chi connectivity index (χ0v) is 17.0. The Balaban J connectivity index is 2.01. The monoisotopic (exact) mass is 413 g/mol. The van der Waals surface area contributed by atoms with Gasteiger partial charge in [-0.05, 0) is 62.4 Å². The number of primary amides is 1. The first-order valence-electron chi connectivity index (χ1n) is 8.82. The van der Waals surface area contributed by atoms with Crippen LogP contribution in [0.5, 0.6) is 5.75 Å². The Kier molecular flexibility index (Phi) is 5.93. The second-order valence-corrected chi connectivity index (χ2v) is 7.37. The number of ether oxygens (including phenoxy) is 1. The lowest BCUT2D eigenvalue weighted by Gasteiger charge is -2.26. The van der Waals surface area contributed by atoms with Crippen LogP contribution in [-0.2, 0) is 4.79 Å². The van der Waals surface area contributed by atoms with E-state index in [1.807, 2.05) is 0 Å². The third-order valence-corrected chi connectivity index (χ3v) is 5.61. The topological polar surface area (TPSA) is 85.5 Å². The number of benzene rings is 2. The summed E-state index contributed by atoms with van der Waals surface area (Å²) in [6.45, 7) is 3.36. The molecule has 0 aliphatic carbocycles. The van der Waals surface area contributed by atoms with Crippen LogP contribution in [0.4, 0.5) is 15.2 Å². The van der Waals surface area contributed by atoms with Gasteiger partial charge < -0.3 is 15.4 Å².